The Bertz CT molecular complexity index is 850. The third kappa shape index (κ3) is 4.57. The summed E-state index contributed by atoms with van der Waals surface area (Å²) in [6.45, 7) is 0.826. The molecule has 0 radical (unpaired) electrons. The van der Waals surface area contributed by atoms with Crippen molar-refractivity contribution in [2.45, 2.75) is 0 Å². The topological polar surface area (TPSA) is 77.2 Å². The van der Waals surface area contributed by atoms with Crippen LogP contribution in [0.2, 0.25) is 0 Å². The second-order valence-electron chi connectivity index (χ2n) is 5.47. The highest BCUT2D eigenvalue weighted by molar-refractivity contribution is 5.95. The van der Waals surface area contributed by atoms with Crippen LogP contribution < -0.4 is 15.8 Å². The molecule has 0 atom stereocenters. The summed E-state index contributed by atoms with van der Waals surface area (Å²) in [6, 6.07) is 20.3. The molecule has 3 N–H and O–H groups in total. The summed E-state index contributed by atoms with van der Waals surface area (Å²) >= 11 is 0. The van der Waals surface area contributed by atoms with E-state index in [-0.39, 0.29) is 5.91 Å². The van der Waals surface area contributed by atoms with Gasteiger partial charge >= 0.3 is 0 Å². The average Bonchev–Trinajstić information content (AvgIpc) is 2.66. The van der Waals surface area contributed by atoms with Crippen molar-refractivity contribution < 1.29 is 9.53 Å². The highest BCUT2D eigenvalue weighted by atomic mass is 16.5. The van der Waals surface area contributed by atoms with Gasteiger partial charge in [-0.25, -0.2) is 0 Å². The van der Waals surface area contributed by atoms with Gasteiger partial charge in [-0.15, -0.1) is 0 Å². The van der Waals surface area contributed by atoms with E-state index in [0.717, 1.165) is 11.3 Å². The minimum atomic E-state index is -0.163. The molecule has 0 aliphatic heterocycles. The first-order chi connectivity index (χ1) is 12.2. The lowest BCUT2D eigenvalue weighted by Gasteiger charge is -2.08. The second kappa shape index (κ2) is 7.97. The van der Waals surface area contributed by atoms with Crippen LogP contribution in [0, 0.1) is 0 Å². The number of nitrogens with two attached hydrogens (primary N) is 1. The number of hydrogen-bond acceptors (Lipinski definition) is 4. The molecular formula is C20H19N3O2. The third-order valence-corrected chi connectivity index (χ3v) is 3.60. The Labute approximate surface area is 146 Å². The van der Waals surface area contributed by atoms with Gasteiger partial charge in [0.2, 0.25) is 0 Å². The largest absolute Gasteiger partial charge is 0.492 e. The molecule has 0 aliphatic rings. The molecule has 0 bridgehead atoms. The summed E-state index contributed by atoms with van der Waals surface area (Å²) in [4.78, 5) is 16.6. The first kappa shape index (κ1) is 16.5. The Hall–Kier alpha value is -3.34. The molecule has 1 aromatic heterocycles. The average molecular weight is 333 g/mol. The van der Waals surface area contributed by atoms with Crippen LogP contribution in [0.25, 0.3) is 11.3 Å². The molecule has 0 aliphatic carbocycles. The monoisotopic (exact) mass is 333 g/mol. The van der Waals surface area contributed by atoms with Crippen LogP contribution in [-0.2, 0) is 0 Å². The maximum atomic E-state index is 12.3. The molecule has 5 heteroatoms. The molecule has 126 valence electrons. The van der Waals surface area contributed by atoms with E-state index < -0.39 is 0 Å². The number of rotatable bonds is 6. The molecule has 1 heterocycles. The smallest absolute Gasteiger partial charge is 0.251 e. The van der Waals surface area contributed by atoms with Crippen molar-refractivity contribution in [2.75, 3.05) is 18.9 Å². The van der Waals surface area contributed by atoms with Crippen LogP contribution in [0.4, 0.5) is 5.69 Å². The standard InChI is InChI=1S/C20H19N3O2/c21-17-6-4-5-15(13-17)19-14-16(9-10-22-19)20(24)23-11-12-25-18-7-2-1-3-8-18/h1-10,13-14H,11-12,21H2,(H,23,24). The molecule has 0 fully saturated rings. The molecule has 0 unspecified atom stereocenters. The number of carbonyl (C=O) groups excluding carboxylic acids is 1. The zero-order valence-electron chi connectivity index (χ0n) is 13.7. The summed E-state index contributed by atoms with van der Waals surface area (Å²) in [5, 5.41) is 2.84. The minimum absolute atomic E-state index is 0.163. The molecule has 5 nitrogen and oxygen atoms in total. The number of aromatic nitrogens is 1. The van der Waals surface area contributed by atoms with E-state index in [4.69, 9.17) is 10.5 Å². The molecule has 0 saturated heterocycles. The lowest BCUT2D eigenvalue weighted by atomic mass is 10.1. The zero-order valence-corrected chi connectivity index (χ0v) is 13.7. The first-order valence-electron chi connectivity index (χ1n) is 8.00. The van der Waals surface area contributed by atoms with Crippen molar-refractivity contribution in [3.63, 3.8) is 0 Å². The van der Waals surface area contributed by atoms with E-state index in [9.17, 15) is 4.79 Å². The first-order valence-corrected chi connectivity index (χ1v) is 8.00. The minimum Gasteiger partial charge on any atom is -0.492 e. The van der Waals surface area contributed by atoms with Gasteiger partial charge in [-0.2, -0.15) is 0 Å². The van der Waals surface area contributed by atoms with Crippen molar-refractivity contribution in [1.82, 2.24) is 10.3 Å². The van der Waals surface area contributed by atoms with Crippen LogP contribution in [-0.4, -0.2) is 24.0 Å². The number of nitrogen functional groups attached to an aromatic ring is 1. The molecule has 0 saturated carbocycles. The molecule has 3 aromatic rings. The van der Waals surface area contributed by atoms with Gasteiger partial charge in [-0.1, -0.05) is 30.3 Å². The predicted molar refractivity (Wildman–Crippen MR) is 98.4 cm³/mol. The van der Waals surface area contributed by atoms with Crippen molar-refractivity contribution in [2.24, 2.45) is 0 Å². The van der Waals surface area contributed by atoms with Gasteiger partial charge in [0.05, 0.1) is 12.2 Å². The molecule has 3 rings (SSSR count). The summed E-state index contributed by atoms with van der Waals surface area (Å²) < 4.78 is 5.56. The van der Waals surface area contributed by atoms with E-state index in [0.29, 0.717) is 30.1 Å². The van der Waals surface area contributed by atoms with Gasteiger partial charge in [-0.05, 0) is 36.4 Å². The molecular weight excluding hydrogens is 314 g/mol. The number of hydrogen-bond donors (Lipinski definition) is 2. The summed E-state index contributed by atoms with van der Waals surface area (Å²) in [7, 11) is 0. The third-order valence-electron chi connectivity index (χ3n) is 3.60. The van der Waals surface area contributed by atoms with Gasteiger partial charge in [0, 0.05) is 23.0 Å². The lowest BCUT2D eigenvalue weighted by molar-refractivity contribution is 0.0947. The fourth-order valence-corrected chi connectivity index (χ4v) is 2.38. The van der Waals surface area contributed by atoms with Gasteiger partial charge < -0.3 is 15.8 Å². The second-order valence-corrected chi connectivity index (χ2v) is 5.47. The summed E-state index contributed by atoms with van der Waals surface area (Å²) in [5.41, 5.74) is 8.60. The normalized spacial score (nSPS) is 10.2. The highest BCUT2D eigenvalue weighted by Crippen LogP contribution is 2.20. The maximum absolute atomic E-state index is 12.3. The highest BCUT2D eigenvalue weighted by Gasteiger charge is 2.08. The quantitative estimate of drug-likeness (QED) is 0.537. The van der Waals surface area contributed by atoms with E-state index in [1.807, 2.05) is 54.6 Å². The van der Waals surface area contributed by atoms with E-state index in [1.165, 1.54) is 0 Å². The van der Waals surface area contributed by atoms with Crippen LogP contribution in [0.1, 0.15) is 10.4 Å². The summed E-state index contributed by atoms with van der Waals surface area (Å²) in [6.07, 6.45) is 1.62. The Kier molecular flexibility index (Phi) is 5.26. The SMILES string of the molecule is Nc1cccc(-c2cc(C(=O)NCCOc3ccccc3)ccn2)c1. The number of ether oxygens (including phenoxy) is 1. The van der Waals surface area contributed by atoms with Crippen molar-refractivity contribution in [3.8, 4) is 17.0 Å². The fraction of sp³-hybridized carbons (Fsp3) is 0.100. The molecule has 25 heavy (non-hydrogen) atoms. The van der Waals surface area contributed by atoms with Gasteiger partial charge in [0.25, 0.3) is 5.91 Å². The number of pyridine rings is 1. The number of carbonyl (C=O) groups is 1. The number of nitrogens with one attached hydrogen (secondary N) is 1. The Balaban J connectivity index is 1.58. The fourth-order valence-electron chi connectivity index (χ4n) is 2.38. The van der Waals surface area contributed by atoms with E-state index >= 15 is 0 Å². The van der Waals surface area contributed by atoms with Crippen LogP contribution in [0.15, 0.2) is 72.9 Å². The van der Waals surface area contributed by atoms with Crippen LogP contribution >= 0.6 is 0 Å². The predicted octanol–water partition coefficient (Wildman–Crippen LogP) is 3.14. The molecule has 2 aromatic carbocycles. The van der Waals surface area contributed by atoms with Gasteiger partial charge in [0.1, 0.15) is 12.4 Å². The number of para-hydroxylation sites is 1. The lowest BCUT2D eigenvalue weighted by Crippen LogP contribution is -2.28. The number of anilines is 1. The zero-order chi connectivity index (χ0) is 17.5. The van der Waals surface area contributed by atoms with Crippen molar-refractivity contribution in [3.05, 3.63) is 78.5 Å². The number of nitrogens with zero attached hydrogens (tertiary/aromatic N) is 1. The van der Waals surface area contributed by atoms with E-state index in [1.54, 1.807) is 18.3 Å². The van der Waals surface area contributed by atoms with Crippen LogP contribution in [0.3, 0.4) is 0 Å². The Morgan fingerprint density at radius 2 is 1.88 bits per heavy atom. The molecule has 0 spiro atoms. The number of benzene rings is 2. The maximum Gasteiger partial charge on any atom is 0.251 e. The Morgan fingerprint density at radius 1 is 1.04 bits per heavy atom. The van der Waals surface area contributed by atoms with Crippen LogP contribution in [0.5, 0.6) is 5.75 Å². The van der Waals surface area contributed by atoms with Gasteiger partial charge in [-0.3, -0.25) is 9.78 Å². The van der Waals surface area contributed by atoms with Gasteiger partial charge in [0.15, 0.2) is 0 Å². The van der Waals surface area contributed by atoms with E-state index in [2.05, 4.69) is 10.3 Å². The Morgan fingerprint density at radius 3 is 2.68 bits per heavy atom. The van der Waals surface area contributed by atoms with Crippen molar-refractivity contribution >= 4 is 11.6 Å². The summed E-state index contributed by atoms with van der Waals surface area (Å²) in [5.74, 6) is 0.619. The molecule has 1 amide bonds. The number of amides is 1. The van der Waals surface area contributed by atoms with Crippen molar-refractivity contribution in [1.29, 1.82) is 0 Å².